The molecule has 10 heteroatoms. The van der Waals surface area contributed by atoms with Crippen LogP contribution in [0.1, 0.15) is 19.0 Å². The molecule has 0 saturated heterocycles. The van der Waals surface area contributed by atoms with Gasteiger partial charge in [0.2, 0.25) is 11.8 Å². The van der Waals surface area contributed by atoms with Gasteiger partial charge in [0.05, 0.1) is 17.2 Å². The molecule has 3 N–H and O–H groups in total. The van der Waals surface area contributed by atoms with Crippen molar-refractivity contribution in [2.45, 2.75) is 19.8 Å². The van der Waals surface area contributed by atoms with E-state index in [2.05, 4.69) is 15.3 Å². The van der Waals surface area contributed by atoms with Gasteiger partial charge in [-0.05, 0) is 50.1 Å². The van der Waals surface area contributed by atoms with E-state index in [4.69, 9.17) is 15.5 Å². The number of nitrogens with two attached hydrogens (primary N) is 1. The molecule has 0 atom stereocenters. The quantitative estimate of drug-likeness (QED) is 0.232. The van der Waals surface area contributed by atoms with Gasteiger partial charge >= 0.3 is 5.69 Å². The first-order chi connectivity index (χ1) is 15.5. The van der Waals surface area contributed by atoms with Gasteiger partial charge in [0.15, 0.2) is 0 Å². The number of anilines is 2. The number of pyridine rings is 1. The molecule has 0 aliphatic heterocycles. The van der Waals surface area contributed by atoms with Crippen molar-refractivity contribution in [2.24, 2.45) is 0 Å². The third kappa shape index (κ3) is 4.59. The van der Waals surface area contributed by atoms with Crippen molar-refractivity contribution >= 4 is 23.1 Å². The highest BCUT2D eigenvalue weighted by Gasteiger charge is 2.13. The fourth-order valence-corrected chi connectivity index (χ4v) is 3.36. The lowest BCUT2D eigenvalue weighted by Crippen LogP contribution is -2.10. The molecule has 1 aromatic carbocycles. The van der Waals surface area contributed by atoms with E-state index in [1.165, 1.54) is 6.07 Å². The van der Waals surface area contributed by atoms with E-state index in [0.717, 1.165) is 29.1 Å². The number of aromatic nitrogens is 4. The van der Waals surface area contributed by atoms with Crippen LogP contribution in [0.3, 0.4) is 0 Å². The minimum atomic E-state index is -0.535. The molecule has 3 heterocycles. The molecule has 0 fully saturated rings. The molecule has 164 valence electrons. The highest BCUT2D eigenvalue weighted by molar-refractivity contribution is 5.66. The Morgan fingerprint density at radius 1 is 1.19 bits per heavy atom. The summed E-state index contributed by atoms with van der Waals surface area (Å²) in [5, 5.41) is 14.2. The topological polar surface area (TPSA) is 134 Å². The van der Waals surface area contributed by atoms with E-state index < -0.39 is 4.92 Å². The van der Waals surface area contributed by atoms with Crippen LogP contribution in [0.2, 0.25) is 0 Å². The van der Waals surface area contributed by atoms with Crippen molar-refractivity contribution in [3.63, 3.8) is 0 Å². The first-order valence-corrected chi connectivity index (χ1v) is 10.3. The second-order valence-electron chi connectivity index (χ2n) is 7.07. The summed E-state index contributed by atoms with van der Waals surface area (Å²) in [6, 6.07) is 12.8. The zero-order chi connectivity index (χ0) is 22.5. The van der Waals surface area contributed by atoms with Crippen LogP contribution in [0, 0.1) is 10.1 Å². The molecular formula is C22H23N7O3. The molecule has 0 radical (unpaired) electrons. The Labute approximate surface area is 184 Å². The zero-order valence-corrected chi connectivity index (χ0v) is 17.6. The van der Waals surface area contributed by atoms with E-state index in [0.29, 0.717) is 31.2 Å². The van der Waals surface area contributed by atoms with Gasteiger partial charge in [-0.2, -0.15) is 0 Å². The van der Waals surface area contributed by atoms with E-state index in [1.807, 2.05) is 47.9 Å². The maximum atomic E-state index is 10.9. The Morgan fingerprint density at radius 3 is 2.72 bits per heavy atom. The van der Waals surface area contributed by atoms with Crippen molar-refractivity contribution in [3.8, 4) is 17.0 Å². The summed E-state index contributed by atoms with van der Waals surface area (Å²) < 4.78 is 7.40. The minimum absolute atomic E-state index is 0.0645. The molecule has 10 nitrogen and oxygen atoms in total. The highest BCUT2D eigenvalue weighted by Crippen LogP contribution is 2.24. The Hall–Kier alpha value is -4.21. The fraction of sp³-hybridized carbons (Fsp3) is 0.227. The molecule has 0 unspecified atom stereocenters. The van der Waals surface area contributed by atoms with Crippen LogP contribution < -0.4 is 15.8 Å². The third-order valence-corrected chi connectivity index (χ3v) is 4.90. The van der Waals surface area contributed by atoms with Gasteiger partial charge in [-0.3, -0.25) is 14.5 Å². The number of benzene rings is 1. The number of hydrogen-bond acceptors (Lipinski definition) is 8. The van der Waals surface area contributed by atoms with Crippen molar-refractivity contribution in [1.29, 1.82) is 0 Å². The Balaban J connectivity index is 1.45. The molecule has 4 rings (SSSR count). The Morgan fingerprint density at radius 2 is 2.00 bits per heavy atom. The molecule has 3 aromatic heterocycles. The van der Waals surface area contributed by atoms with Crippen LogP contribution in [-0.2, 0) is 6.42 Å². The number of hydrogen-bond donors (Lipinski definition) is 2. The average molecular weight is 433 g/mol. The van der Waals surface area contributed by atoms with E-state index >= 15 is 0 Å². The predicted molar refractivity (Wildman–Crippen MR) is 122 cm³/mol. The molecule has 0 saturated carbocycles. The number of nitrogens with zero attached hydrogens (tertiary/aromatic N) is 5. The van der Waals surface area contributed by atoms with Gasteiger partial charge in [0.25, 0.3) is 0 Å². The summed E-state index contributed by atoms with van der Waals surface area (Å²) in [7, 11) is 0. The van der Waals surface area contributed by atoms with E-state index in [9.17, 15) is 10.1 Å². The normalized spacial score (nSPS) is 10.9. The summed E-state index contributed by atoms with van der Waals surface area (Å²) in [5.41, 5.74) is 8.76. The molecule has 0 aliphatic rings. The summed E-state index contributed by atoms with van der Waals surface area (Å²) in [6.45, 7) is 3.20. The lowest BCUT2D eigenvalue weighted by atomic mass is 10.1. The molecule has 4 aromatic rings. The summed E-state index contributed by atoms with van der Waals surface area (Å²) in [4.78, 5) is 23.6. The Bertz CT molecular complexity index is 1240. The van der Waals surface area contributed by atoms with Gasteiger partial charge < -0.3 is 15.8 Å². The van der Waals surface area contributed by atoms with Gasteiger partial charge in [0, 0.05) is 42.3 Å². The Kier molecular flexibility index (Phi) is 6.11. The van der Waals surface area contributed by atoms with Crippen molar-refractivity contribution in [1.82, 2.24) is 19.4 Å². The van der Waals surface area contributed by atoms with Crippen LogP contribution in [0.25, 0.3) is 16.9 Å². The maximum Gasteiger partial charge on any atom is 0.311 e. The van der Waals surface area contributed by atoms with Crippen LogP contribution in [-0.4, -0.2) is 37.4 Å². The first-order valence-electron chi connectivity index (χ1n) is 10.3. The summed E-state index contributed by atoms with van der Waals surface area (Å²) in [5.74, 6) is 1.43. The summed E-state index contributed by atoms with van der Waals surface area (Å²) in [6.07, 6.45) is 4.95. The number of nitrogens with one attached hydrogen (secondary N) is 1. The van der Waals surface area contributed by atoms with Gasteiger partial charge in [-0.1, -0.05) is 0 Å². The number of fused-ring (bicyclic) bond motifs is 1. The van der Waals surface area contributed by atoms with Gasteiger partial charge in [-0.25, -0.2) is 15.0 Å². The molecule has 0 bridgehead atoms. The zero-order valence-electron chi connectivity index (χ0n) is 17.6. The number of ether oxygens (including phenoxy) is 1. The number of imidazole rings is 1. The monoisotopic (exact) mass is 433 g/mol. The second kappa shape index (κ2) is 9.29. The standard InChI is InChI=1S/C22H23N7O3/c1-2-32-17-8-5-15(6-9-17)18-14-20-24-12-13-28(20)22(27-18)25-11-3-4-16-7-10-19(29(30)31)21(23)26-16/h5-10,12-14H,2-4,11H2,1H3,(H2,23,26)(H,25,27). The number of nitro groups is 1. The average Bonchev–Trinajstić information content (AvgIpc) is 3.26. The largest absolute Gasteiger partial charge is 0.494 e. The predicted octanol–water partition coefficient (Wildman–Crippen LogP) is 3.73. The van der Waals surface area contributed by atoms with Gasteiger partial charge in [0.1, 0.15) is 11.4 Å². The molecular weight excluding hydrogens is 410 g/mol. The lowest BCUT2D eigenvalue weighted by molar-refractivity contribution is -0.384. The van der Waals surface area contributed by atoms with Crippen molar-refractivity contribution in [2.75, 3.05) is 24.2 Å². The van der Waals surface area contributed by atoms with Crippen molar-refractivity contribution in [3.05, 3.63) is 70.7 Å². The SMILES string of the molecule is CCOc1ccc(-c2cc3nccn3c(NCCCc3ccc([N+](=O)[O-])c(N)n3)n2)cc1. The molecule has 0 spiro atoms. The minimum Gasteiger partial charge on any atom is -0.494 e. The maximum absolute atomic E-state index is 10.9. The fourth-order valence-electron chi connectivity index (χ4n) is 3.36. The second-order valence-corrected chi connectivity index (χ2v) is 7.07. The molecule has 32 heavy (non-hydrogen) atoms. The van der Waals surface area contributed by atoms with E-state index in [-0.39, 0.29) is 11.5 Å². The van der Waals surface area contributed by atoms with Crippen LogP contribution in [0.15, 0.2) is 54.9 Å². The highest BCUT2D eigenvalue weighted by atomic mass is 16.6. The van der Waals surface area contributed by atoms with Crippen LogP contribution in [0.5, 0.6) is 5.75 Å². The number of aryl methyl sites for hydroxylation is 1. The van der Waals surface area contributed by atoms with Crippen LogP contribution >= 0.6 is 0 Å². The first kappa shape index (κ1) is 21.0. The lowest BCUT2D eigenvalue weighted by Gasteiger charge is -2.11. The molecule has 0 amide bonds. The van der Waals surface area contributed by atoms with E-state index in [1.54, 1.807) is 12.3 Å². The van der Waals surface area contributed by atoms with Crippen LogP contribution in [0.4, 0.5) is 17.5 Å². The third-order valence-electron chi connectivity index (χ3n) is 4.90. The summed E-state index contributed by atoms with van der Waals surface area (Å²) >= 11 is 0. The number of rotatable bonds is 9. The van der Waals surface area contributed by atoms with Gasteiger partial charge in [-0.15, -0.1) is 0 Å². The number of nitrogen functional groups attached to an aromatic ring is 1. The molecule has 0 aliphatic carbocycles. The van der Waals surface area contributed by atoms with Crippen molar-refractivity contribution < 1.29 is 9.66 Å². The smallest absolute Gasteiger partial charge is 0.311 e.